The van der Waals surface area contributed by atoms with E-state index in [9.17, 15) is 4.79 Å². The number of anilines is 1. The number of nitrogens with zero attached hydrogens (tertiary/aromatic N) is 1. The van der Waals surface area contributed by atoms with Crippen molar-refractivity contribution in [2.24, 2.45) is 0 Å². The van der Waals surface area contributed by atoms with Gasteiger partial charge in [0.05, 0.1) is 20.6 Å². The zero-order chi connectivity index (χ0) is 12.6. The minimum absolute atomic E-state index is 0.0117. The van der Waals surface area contributed by atoms with Crippen molar-refractivity contribution in [3.8, 4) is 0 Å². The van der Waals surface area contributed by atoms with E-state index in [1.54, 1.807) is 17.0 Å². The van der Waals surface area contributed by atoms with E-state index in [1.807, 2.05) is 0 Å². The van der Waals surface area contributed by atoms with Crippen LogP contribution in [0, 0.1) is 0 Å². The van der Waals surface area contributed by atoms with Gasteiger partial charge in [0.15, 0.2) is 0 Å². The average Bonchev–Trinajstić information content (AvgIpc) is 2.23. The van der Waals surface area contributed by atoms with Crippen molar-refractivity contribution < 1.29 is 4.79 Å². The number of rotatable bonds is 1. The molecule has 0 aliphatic carbocycles. The fraction of sp³-hybridized carbons (Fsp3) is 0.364. The van der Waals surface area contributed by atoms with Gasteiger partial charge in [-0.15, -0.1) is 0 Å². The van der Waals surface area contributed by atoms with Gasteiger partial charge >= 0.3 is 0 Å². The van der Waals surface area contributed by atoms with Gasteiger partial charge in [0.2, 0.25) is 5.91 Å². The first-order valence-electron chi connectivity index (χ1n) is 5.10. The molecule has 0 radical (unpaired) electrons. The molecule has 1 saturated heterocycles. The van der Waals surface area contributed by atoms with Gasteiger partial charge in [0, 0.05) is 11.6 Å². The predicted molar refractivity (Wildman–Crippen MR) is 75.8 cm³/mol. The van der Waals surface area contributed by atoms with Gasteiger partial charge in [-0.3, -0.25) is 4.79 Å². The van der Waals surface area contributed by atoms with Crippen LogP contribution in [-0.4, -0.2) is 17.3 Å². The number of halogens is 4. The Labute approximate surface area is 123 Å². The van der Waals surface area contributed by atoms with E-state index in [0.29, 0.717) is 27.3 Å². The lowest BCUT2D eigenvalue weighted by atomic mass is 10.1. The molecule has 1 aliphatic heterocycles. The third kappa shape index (κ3) is 2.73. The number of piperidine rings is 1. The molecule has 0 bridgehead atoms. The highest BCUT2D eigenvalue weighted by Crippen LogP contribution is 2.38. The first-order chi connectivity index (χ1) is 8.00. The van der Waals surface area contributed by atoms with E-state index in [0.717, 1.165) is 12.8 Å². The van der Waals surface area contributed by atoms with Crippen molar-refractivity contribution in [3.63, 3.8) is 0 Å². The van der Waals surface area contributed by atoms with E-state index in [4.69, 9.17) is 34.8 Å². The molecule has 1 unspecified atom stereocenters. The summed E-state index contributed by atoms with van der Waals surface area (Å²) in [5.41, 5.74) is 0.548. The Morgan fingerprint density at radius 2 is 1.82 bits per heavy atom. The van der Waals surface area contributed by atoms with Crippen LogP contribution in [0.4, 0.5) is 5.69 Å². The van der Waals surface area contributed by atoms with Gasteiger partial charge < -0.3 is 4.90 Å². The Balaban J connectivity index is 2.43. The normalized spacial score (nSPS) is 20.8. The first-order valence-corrected chi connectivity index (χ1v) is 7.15. The van der Waals surface area contributed by atoms with Crippen LogP contribution in [-0.2, 0) is 4.79 Å². The molecular formula is C11H9BrCl3NO. The lowest BCUT2D eigenvalue weighted by molar-refractivity contribution is -0.118. The van der Waals surface area contributed by atoms with Crippen molar-refractivity contribution in [1.82, 2.24) is 0 Å². The Bertz CT molecular complexity index is 443. The maximum Gasteiger partial charge on any atom is 0.240 e. The summed E-state index contributed by atoms with van der Waals surface area (Å²) in [6, 6.07) is 3.19. The molecular weight excluding hydrogens is 348 g/mol. The molecule has 17 heavy (non-hydrogen) atoms. The zero-order valence-electron chi connectivity index (χ0n) is 8.72. The Kier molecular flexibility index (Phi) is 4.24. The van der Waals surface area contributed by atoms with Crippen LogP contribution in [0.25, 0.3) is 0 Å². The number of hydrogen-bond acceptors (Lipinski definition) is 1. The second-order valence-corrected chi connectivity index (χ2v) is 6.17. The molecule has 1 aromatic rings. The van der Waals surface area contributed by atoms with Crippen molar-refractivity contribution >= 4 is 62.3 Å². The van der Waals surface area contributed by atoms with Gasteiger partial charge in [-0.1, -0.05) is 50.7 Å². The molecule has 0 aromatic heterocycles. The lowest BCUT2D eigenvalue weighted by Crippen LogP contribution is -2.42. The van der Waals surface area contributed by atoms with Crippen LogP contribution >= 0.6 is 50.7 Å². The molecule has 1 atom stereocenters. The van der Waals surface area contributed by atoms with Gasteiger partial charge in [-0.25, -0.2) is 0 Å². The number of amides is 1. The SMILES string of the molecule is O=C1C(Br)CCCN1c1c(Cl)cc(Cl)cc1Cl. The predicted octanol–water partition coefficient (Wildman–Crippen LogP) is 4.54. The van der Waals surface area contributed by atoms with Crippen LogP contribution in [0.15, 0.2) is 12.1 Å². The van der Waals surface area contributed by atoms with E-state index >= 15 is 0 Å². The van der Waals surface area contributed by atoms with E-state index in [-0.39, 0.29) is 10.7 Å². The molecule has 1 heterocycles. The molecule has 6 heteroatoms. The lowest BCUT2D eigenvalue weighted by Gasteiger charge is -2.31. The maximum atomic E-state index is 12.0. The molecule has 2 rings (SSSR count). The average molecular weight is 357 g/mol. The number of benzene rings is 1. The Morgan fingerprint density at radius 1 is 1.24 bits per heavy atom. The Hall–Kier alpha value is 0.0400. The van der Waals surface area contributed by atoms with Gasteiger partial charge in [-0.2, -0.15) is 0 Å². The molecule has 1 aliphatic rings. The zero-order valence-corrected chi connectivity index (χ0v) is 12.6. The number of carbonyl (C=O) groups is 1. The summed E-state index contributed by atoms with van der Waals surface area (Å²) in [6.07, 6.45) is 1.75. The molecule has 1 amide bonds. The van der Waals surface area contributed by atoms with Crippen molar-refractivity contribution in [3.05, 3.63) is 27.2 Å². The number of carbonyl (C=O) groups excluding carboxylic acids is 1. The van der Waals surface area contributed by atoms with E-state index < -0.39 is 0 Å². The molecule has 1 aromatic carbocycles. The van der Waals surface area contributed by atoms with Crippen molar-refractivity contribution in [2.45, 2.75) is 17.7 Å². The molecule has 0 spiro atoms. The second kappa shape index (κ2) is 5.35. The van der Waals surface area contributed by atoms with Crippen molar-refractivity contribution in [1.29, 1.82) is 0 Å². The molecule has 0 saturated carbocycles. The smallest absolute Gasteiger partial charge is 0.240 e. The van der Waals surface area contributed by atoms with Gasteiger partial charge in [-0.05, 0) is 25.0 Å². The fourth-order valence-corrected chi connectivity index (χ4v) is 3.44. The second-order valence-electron chi connectivity index (χ2n) is 3.82. The van der Waals surface area contributed by atoms with Crippen molar-refractivity contribution in [2.75, 3.05) is 11.4 Å². The van der Waals surface area contributed by atoms with E-state index in [2.05, 4.69) is 15.9 Å². The molecule has 1 fully saturated rings. The van der Waals surface area contributed by atoms with E-state index in [1.165, 1.54) is 0 Å². The van der Waals surface area contributed by atoms with Gasteiger partial charge in [0.1, 0.15) is 0 Å². The standard InChI is InChI=1S/C11H9BrCl3NO/c12-7-2-1-3-16(11(7)17)10-8(14)4-6(13)5-9(10)15/h4-5,7H,1-3H2. The monoisotopic (exact) mass is 355 g/mol. The minimum Gasteiger partial charge on any atom is -0.309 e. The van der Waals surface area contributed by atoms with Gasteiger partial charge in [0.25, 0.3) is 0 Å². The fourth-order valence-electron chi connectivity index (χ4n) is 1.85. The highest BCUT2D eigenvalue weighted by atomic mass is 79.9. The molecule has 2 nitrogen and oxygen atoms in total. The highest BCUT2D eigenvalue weighted by Gasteiger charge is 2.30. The summed E-state index contributed by atoms with van der Waals surface area (Å²) < 4.78 is 0. The third-order valence-electron chi connectivity index (χ3n) is 2.62. The highest BCUT2D eigenvalue weighted by molar-refractivity contribution is 9.10. The largest absolute Gasteiger partial charge is 0.309 e. The van der Waals surface area contributed by atoms with Crippen LogP contribution in [0.2, 0.25) is 15.1 Å². The summed E-state index contributed by atoms with van der Waals surface area (Å²) in [5, 5.41) is 1.26. The minimum atomic E-state index is -0.168. The maximum absolute atomic E-state index is 12.0. The van der Waals surface area contributed by atoms with Crippen LogP contribution in [0.3, 0.4) is 0 Å². The summed E-state index contributed by atoms with van der Waals surface area (Å²) in [5.74, 6) is -0.0117. The summed E-state index contributed by atoms with van der Waals surface area (Å²) >= 11 is 21.4. The van der Waals surface area contributed by atoms with Crippen LogP contribution < -0.4 is 4.90 Å². The summed E-state index contributed by atoms with van der Waals surface area (Å²) in [4.78, 5) is 13.5. The molecule has 0 N–H and O–H groups in total. The topological polar surface area (TPSA) is 20.3 Å². The summed E-state index contributed by atoms with van der Waals surface area (Å²) in [6.45, 7) is 0.627. The summed E-state index contributed by atoms with van der Waals surface area (Å²) in [7, 11) is 0. The first kappa shape index (κ1) is 13.5. The van der Waals surface area contributed by atoms with Crippen LogP contribution in [0.5, 0.6) is 0 Å². The quantitative estimate of drug-likeness (QED) is 0.676. The number of alkyl halides is 1. The number of hydrogen-bond donors (Lipinski definition) is 0. The molecule has 92 valence electrons. The van der Waals surface area contributed by atoms with Crippen LogP contribution in [0.1, 0.15) is 12.8 Å². The Morgan fingerprint density at radius 3 is 2.41 bits per heavy atom. The third-order valence-corrected chi connectivity index (χ3v) is 4.27.